The second-order valence-corrected chi connectivity index (χ2v) is 7.44. The molecule has 0 fully saturated rings. The standard InChI is InChI=1S/C21H17F2N3S/c1-12(2)13-3-5-14(6-4-13)16-10-27-21-19(16)20(24-11-25-21)26-15-7-8-17(22)18(23)9-15/h3-12H,1-2H3,(H,24,25,26). The van der Waals surface area contributed by atoms with E-state index in [0.717, 1.165) is 33.5 Å². The van der Waals surface area contributed by atoms with Gasteiger partial charge in [-0.25, -0.2) is 18.7 Å². The quantitative estimate of drug-likeness (QED) is 0.438. The van der Waals surface area contributed by atoms with Crippen LogP contribution in [0.2, 0.25) is 0 Å². The first-order valence-electron chi connectivity index (χ1n) is 8.57. The van der Waals surface area contributed by atoms with Crippen molar-refractivity contribution in [3.8, 4) is 11.1 Å². The van der Waals surface area contributed by atoms with Crippen LogP contribution in [0.25, 0.3) is 21.3 Å². The first kappa shape index (κ1) is 17.5. The van der Waals surface area contributed by atoms with Gasteiger partial charge in [0, 0.05) is 22.7 Å². The summed E-state index contributed by atoms with van der Waals surface area (Å²) in [5.41, 5.74) is 3.78. The molecule has 2 aromatic carbocycles. The van der Waals surface area contributed by atoms with Gasteiger partial charge >= 0.3 is 0 Å². The number of hydrogen-bond acceptors (Lipinski definition) is 4. The van der Waals surface area contributed by atoms with Gasteiger partial charge in [0.15, 0.2) is 11.6 Å². The molecule has 0 spiro atoms. The number of hydrogen-bond donors (Lipinski definition) is 1. The first-order chi connectivity index (χ1) is 13.0. The van der Waals surface area contributed by atoms with Crippen molar-refractivity contribution in [2.24, 2.45) is 0 Å². The fourth-order valence-electron chi connectivity index (χ4n) is 2.94. The lowest BCUT2D eigenvalue weighted by Crippen LogP contribution is -1.97. The number of thiophene rings is 1. The van der Waals surface area contributed by atoms with E-state index >= 15 is 0 Å². The lowest BCUT2D eigenvalue weighted by molar-refractivity contribution is 0.509. The Morgan fingerprint density at radius 1 is 0.963 bits per heavy atom. The van der Waals surface area contributed by atoms with Crippen LogP contribution in [0.1, 0.15) is 25.3 Å². The van der Waals surface area contributed by atoms with E-state index in [4.69, 9.17) is 0 Å². The van der Waals surface area contributed by atoms with Crippen molar-refractivity contribution in [1.29, 1.82) is 0 Å². The molecule has 0 bridgehead atoms. The molecule has 0 atom stereocenters. The predicted molar refractivity (Wildman–Crippen MR) is 107 cm³/mol. The summed E-state index contributed by atoms with van der Waals surface area (Å²) >= 11 is 1.52. The molecule has 6 heteroatoms. The lowest BCUT2D eigenvalue weighted by Gasteiger charge is -2.10. The molecule has 0 aliphatic carbocycles. The predicted octanol–water partition coefficient (Wildman–Crippen LogP) is 6.50. The van der Waals surface area contributed by atoms with Crippen LogP contribution in [-0.4, -0.2) is 9.97 Å². The molecule has 3 nitrogen and oxygen atoms in total. The van der Waals surface area contributed by atoms with Gasteiger partial charge in [-0.2, -0.15) is 0 Å². The van der Waals surface area contributed by atoms with E-state index < -0.39 is 11.6 Å². The van der Waals surface area contributed by atoms with Crippen molar-refractivity contribution in [3.63, 3.8) is 0 Å². The van der Waals surface area contributed by atoms with Gasteiger partial charge in [-0.05, 0) is 29.2 Å². The van der Waals surface area contributed by atoms with Crippen molar-refractivity contribution >= 4 is 33.1 Å². The van der Waals surface area contributed by atoms with Gasteiger partial charge in [0.1, 0.15) is 17.0 Å². The smallest absolute Gasteiger partial charge is 0.160 e. The van der Waals surface area contributed by atoms with Gasteiger partial charge < -0.3 is 5.32 Å². The van der Waals surface area contributed by atoms with E-state index in [2.05, 4.69) is 53.4 Å². The topological polar surface area (TPSA) is 37.8 Å². The van der Waals surface area contributed by atoms with E-state index in [1.807, 2.05) is 5.38 Å². The largest absolute Gasteiger partial charge is 0.339 e. The van der Waals surface area contributed by atoms with Gasteiger partial charge in [-0.3, -0.25) is 0 Å². The molecule has 2 heterocycles. The minimum Gasteiger partial charge on any atom is -0.339 e. The van der Waals surface area contributed by atoms with Crippen LogP contribution < -0.4 is 5.32 Å². The van der Waals surface area contributed by atoms with Gasteiger partial charge in [-0.1, -0.05) is 38.1 Å². The highest BCUT2D eigenvalue weighted by Crippen LogP contribution is 2.37. The molecule has 0 saturated carbocycles. The molecule has 0 saturated heterocycles. The van der Waals surface area contributed by atoms with Crippen LogP contribution in [-0.2, 0) is 0 Å². The third-order valence-electron chi connectivity index (χ3n) is 4.44. The Balaban J connectivity index is 1.78. The number of rotatable bonds is 4. The molecule has 0 amide bonds. The monoisotopic (exact) mass is 381 g/mol. The zero-order valence-electron chi connectivity index (χ0n) is 14.8. The average Bonchev–Trinajstić information content (AvgIpc) is 3.10. The van der Waals surface area contributed by atoms with Crippen molar-refractivity contribution < 1.29 is 8.78 Å². The van der Waals surface area contributed by atoms with Crippen molar-refractivity contribution in [2.75, 3.05) is 5.32 Å². The third kappa shape index (κ3) is 3.40. The minimum absolute atomic E-state index is 0.432. The normalized spacial score (nSPS) is 11.3. The summed E-state index contributed by atoms with van der Waals surface area (Å²) in [4.78, 5) is 9.50. The van der Waals surface area contributed by atoms with E-state index in [1.54, 1.807) is 0 Å². The Kier molecular flexibility index (Phi) is 4.58. The molecule has 4 rings (SSSR count). The Hall–Kier alpha value is -2.86. The molecule has 1 N–H and O–H groups in total. The van der Waals surface area contributed by atoms with Gasteiger partial charge in [0.2, 0.25) is 0 Å². The number of benzene rings is 2. The Morgan fingerprint density at radius 3 is 2.44 bits per heavy atom. The summed E-state index contributed by atoms with van der Waals surface area (Å²) in [7, 11) is 0. The number of nitrogens with one attached hydrogen (secondary N) is 1. The van der Waals surface area contributed by atoms with E-state index in [0.29, 0.717) is 17.4 Å². The molecule has 0 radical (unpaired) electrons. The van der Waals surface area contributed by atoms with Gasteiger partial charge in [0.05, 0.1) is 5.39 Å². The van der Waals surface area contributed by atoms with E-state index in [-0.39, 0.29) is 0 Å². The number of aromatic nitrogens is 2. The van der Waals surface area contributed by atoms with E-state index in [1.165, 1.54) is 29.3 Å². The average molecular weight is 381 g/mol. The molecule has 136 valence electrons. The summed E-state index contributed by atoms with van der Waals surface area (Å²) in [6.07, 6.45) is 1.46. The highest BCUT2D eigenvalue weighted by atomic mass is 32.1. The van der Waals surface area contributed by atoms with Crippen LogP contribution in [0, 0.1) is 11.6 Å². The minimum atomic E-state index is -0.903. The number of halogens is 2. The Bertz CT molecular complexity index is 1100. The third-order valence-corrected chi connectivity index (χ3v) is 5.33. The lowest BCUT2D eigenvalue weighted by atomic mass is 9.99. The molecule has 2 aromatic heterocycles. The molecule has 0 unspecified atom stereocenters. The van der Waals surface area contributed by atoms with E-state index in [9.17, 15) is 8.78 Å². The maximum Gasteiger partial charge on any atom is 0.160 e. The van der Waals surface area contributed by atoms with Crippen molar-refractivity contribution in [2.45, 2.75) is 19.8 Å². The SMILES string of the molecule is CC(C)c1ccc(-c2csc3ncnc(Nc4ccc(F)c(F)c4)c23)cc1. The fourth-order valence-corrected chi connectivity index (χ4v) is 3.86. The number of anilines is 2. The summed E-state index contributed by atoms with van der Waals surface area (Å²) in [5.74, 6) is -0.752. The van der Waals surface area contributed by atoms with Crippen LogP contribution >= 0.6 is 11.3 Å². The molecule has 4 aromatic rings. The molecule has 0 aliphatic heterocycles. The Labute approximate surface area is 159 Å². The van der Waals surface area contributed by atoms with Gasteiger partial charge in [-0.15, -0.1) is 11.3 Å². The van der Waals surface area contributed by atoms with Crippen LogP contribution in [0.4, 0.5) is 20.3 Å². The van der Waals surface area contributed by atoms with Gasteiger partial charge in [0.25, 0.3) is 0 Å². The number of fused-ring (bicyclic) bond motifs is 1. The summed E-state index contributed by atoms with van der Waals surface area (Å²) < 4.78 is 26.7. The highest BCUT2D eigenvalue weighted by molar-refractivity contribution is 7.17. The summed E-state index contributed by atoms with van der Waals surface area (Å²) in [6, 6.07) is 12.1. The zero-order chi connectivity index (χ0) is 19.0. The molecule has 27 heavy (non-hydrogen) atoms. The second-order valence-electron chi connectivity index (χ2n) is 6.58. The number of nitrogens with zero attached hydrogens (tertiary/aromatic N) is 2. The first-order valence-corrected chi connectivity index (χ1v) is 9.45. The highest BCUT2D eigenvalue weighted by Gasteiger charge is 2.14. The fraction of sp³-hybridized carbons (Fsp3) is 0.143. The molecular formula is C21H17F2N3S. The Morgan fingerprint density at radius 2 is 1.74 bits per heavy atom. The maximum atomic E-state index is 13.5. The summed E-state index contributed by atoms with van der Waals surface area (Å²) in [5, 5.41) is 6.00. The molecule has 0 aliphatic rings. The summed E-state index contributed by atoms with van der Waals surface area (Å²) in [6.45, 7) is 4.32. The van der Waals surface area contributed by atoms with Crippen molar-refractivity contribution in [3.05, 3.63) is 71.4 Å². The molecular weight excluding hydrogens is 364 g/mol. The maximum absolute atomic E-state index is 13.5. The second kappa shape index (κ2) is 7.04. The van der Waals surface area contributed by atoms with Crippen LogP contribution in [0.3, 0.4) is 0 Å². The van der Waals surface area contributed by atoms with Crippen molar-refractivity contribution in [1.82, 2.24) is 9.97 Å². The zero-order valence-corrected chi connectivity index (χ0v) is 15.6. The van der Waals surface area contributed by atoms with Crippen LogP contribution in [0.15, 0.2) is 54.2 Å². The van der Waals surface area contributed by atoms with Crippen LogP contribution in [0.5, 0.6) is 0 Å².